The highest BCUT2D eigenvalue weighted by atomic mass is 19.3. The maximum Gasteiger partial charge on any atom is 0.274 e. The van der Waals surface area contributed by atoms with Crippen LogP contribution in [-0.2, 0) is 4.74 Å². The highest BCUT2D eigenvalue weighted by Gasteiger charge is 2.46. The minimum Gasteiger partial charge on any atom is -0.381 e. The van der Waals surface area contributed by atoms with Gasteiger partial charge < -0.3 is 25.3 Å². The Morgan fingerprint density at radius 3 is 2.77 bits per heavy atom. The molecule has 0 unspecified atom stereocenters. The lowest BCUT2D eigenvalue weighted by molar-refractivity contribution is -0.104. The molecule has 2 fully saturated rings. The first kappa shape index (κ1) is 23.2. The summed E-state index contributed by atoms with van der Waals surface area (Å²) in [6, 6.07) is 4.31. The minimum absolute atomic E-state index is 0.00847. The molecule has 3 aromatic rings. The number of carbonyl (C=O) groups is 1. The number of methoxy groups -OCH3 is 1. The predicted octanol–water partition coefficient (Wildman–Crippen LogP) is 2.94. The van der Waals surface area contributed by atoms with Crippen LogP contribution in [0.25, 0.3) is 5.65 Å². The van der Waals surface area contributed by atoms with Crippen LogP contribution in [0.15, 0.2) is 35.4 Å². The molecule has 0 aromatic carbocycles. The van der Waals surface area contributed by atoms with Gasteiger partial charge in [0, 0.05) is 51.3 Å². The van der Waals surface area contributed by atoms with E-state index in [1.165, 1.54) is 21.5 Å². The molecule has 2 atom stereocenters. The summed E-state index contributed by atoms with van der Waals surface area (Å²) in [5, 5.41) is 13.3. The van der Waals surface area contributed by atoms with E-state index in [4.69, 9.17) is 4.74 Å². The van der Waals surface area contributed by atoms with Crippen molar-refractivity contribution in [1.82, 2.24) is 24.5 Å². The number of aromatic nitrogens is 4. The van der Waals surface area contributed by atoms with Crippen LogP contribution < -0.4 is 21.5 Å². The minimum atomic E-state index is -2.73. The van der Waals surface area contributed by atoms with Crippen LogP contribution in [0.5, 0.6) is 0 Å². The number of amides is 1. The van der Waals surface area contributed by atoms with E-state index in [0.29, 0.717) is 22.8 Å². The second-order valence-electron chi connectivity index (χ2n) is 9.09. The van der Waals surface area contributed by atoms with Crippen molar-refractivity contribution >= 4 is 28.9 Å². The number of hydrogen-bond acceptors (Lipinski definition) is 7. The van der Waals surface area contributed by atoms with Gasteiger partial charge in [-0.1, -0.05) is 0 Å². The molecular weight excluding hydrogens is 460 g/mol. The average Bonchev–Trinajstić information content (AvgIpc) is 3.45. The quantitative estimate of drug-likeness (QED) is 0.469. The van der Waals surface area contributed by atoms with E-state index in [0.717, 1.165) is 19.3 Å². The zero-order chi connectivity index (χ0) is 24.7. The number of anilines is 3. The Balaban J connectivity index is 1.42. The summed E-state index contributed by atoms with van der Waals surface area (Å²) in [4.78, 5) is 30.5. The van der Waals surface area contributed by atoms with Gasteiger partial charge in [0.1, 0.15) is 22.9 Å². The van der Waals surface area contributed by atoms with E-state index in [1.54, 1.807) is 32.4 Å². The molecule has 2 saturated carbocycles. The molecule has 2 aliphatic carbocycles. The third-order valence-corrected chi connectivity index (χ3v) is 6.72. The summed E-state index contributed by atoms with van der Waals surface area (Å²) in [6.45, 7) is 0. The summed E-state index contributed by atoms with van der Waals surface area (Å²) in [5.74, 6) is -2.16. The van der Waals surface area contributed by atoms with Crippen LogP contribution in [-0.4, -0.2) is 57.3 Å². The molecule has 3 heterocycles. The van der Waals surface area contributed by atoms with Gasteiger partial charge in [0.15, 0.2) is 5.65 Å². The van der Waals surface area contributed by atoms with Crippen molar-refractivity contribution in [3.63, 3.8) is 0 Å². The molecule has 1 amide bonds. The van der Waals surface area contributed by atoms with Crippen molar-refractivity contribution in [2.45, 2.75) is 56.2 Å². The SMILES string of the molecule is CNc1cc(Nc2cccn(C3CC(F)(F)C3)c2=O)nc2c(C(=O)N[C@@H]3CC[C@@H](OC)C3)cnn12. The molecule has 10 nitrogen and oxygen atoms in total. The lowest BCUT2D eigenvalue weighted by Gasteiger charge is -2.36. The van der Waals surface area contributed by atoms with E-state index in [2.05, 4.69) is 26.0 Å². The lowest BCUT2D eigenvalue weighted by Crippen LogP contribution is -2.41. The van der Waals surface area contributed by atoms with Crippen LogP contribution in [0, 0.1) is 0 Å². The number of alkyl halides is 2. The number of hydrogen-bond donors (Lipinski definition) is 3. The van der Waals surface area contributed by atoms with Crippen molar-refractivity contribution in [3.8, 4) is 0 Å². The number of nitrogens with zero attached hydrogens (tertiary/aromatic N) is 4. The second kappa shape index (κ2) is 8.91. The average molecular weight is 488 g/mol. The largest absolute Gasteiger partial charge is 0.381 e. The standard InChI is InChI=1S/C23H27F2N7O3/c1-26-19-9-18(29-17-4-3-7-31(22(17)34)14-10-23(24,25)11-14)30-20-16(12-27-32(19)20)21(33)28-13-5-6-15(8-13)35-2/h3-4,7,9,12-15,26H,5-6,8,10-11H2,1-2H3,(H,28,33)(H,29,30)/t13-,15-/m1/s1. The van der Waals surface area contributed by atoms with Crippen molar-refractivity contribution in [1.29, 1.82) is 0 Å². The van der Waals surface area contributed by atoms with Gasteiger partial charge in [-0.3, -0.25) is 9.59 Å². The maximum atomic E-state index is 13.3. The maximum absolute atomic E-state index is 13.3. The van der Waals surface area contributed by atoms with Gasteiger partial charge in [-0.2, -0.15) is 9.61 Å². The molecule has 5 rings (SSSR count). The number of rotatable bonds is 7. The molecule has 186 valence electrons. The molecule has 3 aromatic heterocycles. The molecule has 3 N–H and O–H groups in total. The van der Waals surface area contributed by atoms with Gasteiger partial charge >= 0.3 is 0 Å². The van der Waals surface area contributed by atoms with Crippen LogP contribution in [0.3, 0.4) is 0 Å². The Morgan fingerprint density at radius 1 is 1.29 bits per heavy atom. The molecule has 35 heavy (non-hydrogen) atoms. The molecule has 2 aliphatic rings. The van der Waals surface area contributed by atoms with Crippen LogP contribution >= 0.6 is 0 Å². The molecular formula is C23H27F2N7O3. The van der Waals surface area contributed by atoms with Crippen LogP contribution in [0.4, 0.5) is 26.1 Å². The fraction of sp³-hybridized carbons (Fsp3) is 0.478. The Bertz CT molecular complexity index is 1310. The molecule has 0 bridgehead atoms. The first-order valence-electron chi connectivity index (χ1n) is 11.5. The van der Waals surface area contributed by atoms with Gasteiger partial charge in [0.2, 0.25) is 0 Å². The zero-order valence-corrected chi connectivity index (χ0v) is 19.4. The normalized spacial score (nSPS) is 21.6. The number of carbonyl (C=O) groups excluding carboxylic acids is 1. The summed E-state index contributed by atoms with van der Waals surface area (Å²) < 4.78 is 34.9. The third-order valence-electron chi connectivity index (χ3n) is 6.72. The van der Waals surface area contributed by atoms with Gasteiger partial charge in [-0.05, 0) is 31.4 Å². The Hall–Kier alpha value is -3.54. The van der Waals surface area contributed by atoms with Crippen molar-refractivity contribution in [2.75, 3.05) is 24.8 Å². The summed E-state index contributed by atoms with van der Waals surface area (Å²) >= 11 is 0. The molecule has 12 heteroatoms. The van der Waals surface area contributed by atoms with Crippen molar-refractivity contribution in [2.24, 2.45) is 0 Å². The zero-order valence-electron chi connectivity index (χ0n) is 19.4. The van der Waals surface area contributed by atoms with E-state index < -0.39 is 17.5 Å². The fourth-order valence-electron chi connectivity index (χ4n) is 4.77. The molecule has 0 aliphatic heterocycles. The number of pyridine rings is 1. The first-order valence-corrected chi connectivity index (χ1v) is 11.5. The molecule has 0 spiro atoms. The van der Waals surface area contributed by atoms with Crippen LogP contribution in [0.2, 0.25) is 0 Å². The van der Waals surface area contributed by atoms with E-state index in [1.807, 2.05) is 0 Å². The lowest BCUT2D eigenvalue weighted by atomic mass is 9.88. The molecule has 0 radical (unpaired) electrons. The van der Waals surface area contributed by atoms with Gasteiger partial charge in [0.05, 0.1) is 12.3 Å². The van der Waals surface area contributed by atoms with Crippen LogP contribution in [0.1, 0.15) is 48.5 Å². The Labute approximate surface area is 199 Å². The van der Waals surface area contributed by atoms with E-state index >= 15 is 0 Å². The topological polar surface area (TPSA) is 115 Å². The van der Waals surface area contributed by atoms with Crippen molar-refractivity contribution < 1.29 is 18.3 Å². The number of ether oxygens (including phenoxy) is 1. The van der Waals surface area contributed by atoms with E-state index in [-0.39, 0.29) is 36.6 Å². The van der Waals surface area contributed by atoms with Gasteiger partial charge in [0.25, 0.3) is 17.4 Å². The molecule has 0 saturated heterocycles. The highest BCUT2D eigenvalue weighted by molar-refractivity contribution is 6.00. The summed E-state index contributed by atoms with van der Waals surface area (Å²) in [6.07, 6.45) is 4.86. The number of nitrogens with one attached hydrogen (secondary N) is 3. The highest BCUT2D eigenvalue weighted by Crippen LogP contribution is 2.44. The Morgan fingerprint density at radius 2 is 2.09 bits per heavy atom. The predicted molar refractivity (Wildman–Crippen MR) is 126 cm³/mol. The first-order chi connectivity index (χ1) is 16.8. The Kier molecular flexibility index (Phi) is 5.91. The van der Waals surface area contributed by atoms with Gasteiger partial charge in [-0.25, -0.2) is 13.8 Å². The monoisotopic (exact) mass is 487 g/mol. The number of fused-ring (bicyclic) bond motifs is 1. The second-order valence-corrected chi connectivity index (χ2v) is 9.09. The van der Waals surface area contributed by atoms with E-state index in [9.17, 15) is 18.4 Å². The summed E-state index contributed by atoms with van der Waals surface area (Å²) in [5.41, 5.74) is 0.394. The summed E-state index contributed by atoms with van der Waals surface area (Å²) in [7, 11) is 3.37. The third kappa shape index (κ3) is 4.45. The van der Waals surface area contributed by atoms with Gasteiger partial charge in [-0.15, -0.1) is 0 Å². The van der Waals surface area contributed by atoms with Crippen molar-refractivity contribution in [3.05, 3.63) is 46.5 Å². The fourth-order valence-corrected chi connectivity index (χ4v) is 4.77. The number of halogens is 2. The smallest absolute Gasteiger partial charge is 0.274 e.